The molecule has 0 radical (unpaired) electrons. The molecule has 1 aromatic heterocycles. The summed E-state index contributed by atoms with van der Waals surface area (Å²) in [7, 11) is 0. The van der Waals surface area contributed by atoms with Crippen LogP contribution in [-0.4, -0.2) is 23.7 Å². The molecule has 2 aromatic rings. The number of fused-ring (bicyclic) bond motifs is 1. The Morgan fingerprint density at radius 2 is 2.10 bits per heavy atom. The molecule has 3 rings (SSSR count). The number of aromatic nitrogens is 1. The highest BCUT2D eigenvalue weighted by Crippen LogP contribution is 2.27. The van der Waals surface area contributed by atoms with E-state index in [1.54, 1.807) is 0 Å². The van der Waals surface area contributed by atoms with Crippen LogP contribution in [0.3, 0.4) is 0 Å². The van der Waals surface area contributed by atoms with E-state index in [9.17, 15) is 4.79 Å². The Morgan fingerprint density at radius 3 is 2.76 bits per heavy atom. The van der Waals surface area contributed by atoms with Gasteiger partial charge < -0.3 is 15.0 Å². The van der Waals surface area contributed by atoms with Gasteiger partial charge in [-0.3, -0.25) is 4.79 Å². The van der Waals surface area contributed by atoms with Gasteiger partial charge in [-0.1, -0.05) is 22.0 Å². The summed E-state index contributed by atoms with van der Waals surface area (Å²) in [5, 5.41) is 0.924. The van der Waals surface area contributed by atoms with E-state index in [0.29, 0.717) is 11.5 Å². The predicted molar refractivity (Wildman–Crippen MR) is 88.9 cm³/mol. The fraction of sp³-hybridized carbons (Fsp3) is 0.400. The number of amides is 1. The first kappa shape index (κ1) is 16.3. The average molecular weight is 374 g/mol. The lowest BCUT2D eigenvalue weighted by Crippen LogP contribution is -2.20. The molecule has 0 unspecified atom stereocenters. The molecule has 2 N–H and O–H groups in total. The lowest BCUT2D eigenvalue weighted by Gasteiger charge is -2.22. The summed E-state index contributed by atoms with van der Waals surface area (Å²) in [6.07, 6.45) is 4.02. The zero-order valence-corrected chi connectivity index (χ0v) is 14.0. The summed E-state index contributed by atoms with van der Waals surface area (Å²) < 4.78 is 8.55. The maximum atomic E-state index is 11.6. The number of primary amides is 1. The summed E-state index contributed by atoms with van der Waals surface area (Å²) >= 11 is 3.49. The first-order chi connectivity index (χ1) is 9.65. The van der Waals surface area contributed by atoms with Crippen molar-refractivity contribution in [3.8, 4) is 0 Å². The maximum absolute atomic E-state index is 11.6. The van der Waals surface area contributed by atoms with Crippen LogP contribution in [0.4, 0.5) is 0 Å². The number of halogens is 2. The number of nitrogens with two attached hydrogens (primary N) is 1. The second kappa shape index (κ2) is 6.81. The molecular formula is C15H18BrClN2O2. The molecule has 0 bridgehead atoms. The van der Waals surface area contributed by atoms with E-state index in [4.69, 9.17) is 10.5 Å². The van der Waals surface area contributed by atoms with E-state index in [1.165, 1.54) is 0 Å². The molecule has 1 saturated heterocycles. The van der Waals surface area contributed by atoms with Gasteiger partial charge in [0.1, 0.15) is 0 Å². The second-order valence-corrected chi connectivity index (χ2v) is 6.19. The summed E-state index contributed by atoms with van der Waals surface area (Å²) in [6.45, 7) is 2.57. The quantitative estimate of drug-likeness (QED) is 0.897. The van der Waals surface area contributed by atoms with Crippen molar-refractivity contribution in [2.45, 2.75) is 19.4 Å². The van der Waals surface area contributed by atoms with Gasteiger partial charge in [0, 0.05) is 41.3 Å². The van der Waals surface area contributed by atoms with Crippen molar-refractivity contribution in [1.29, 1.82) is 0 Å². The molecule has 21 heavy (non-hydrogen) atoms. The number of nitrogens with zero attached hydrogens (tertiary/aromatic N) is 1. The van der Waals surface area contributed by atoms with Crippen molar-refractivity contribution in [2.75, 3.05) is 13.2 Å². The minimum Gasteiger partial charge on any atom is -0.381 e. The van der Waals surface area contributed by atoms with E-state index >= 15 is 0 Å². The Balaban J connectivity index is 0.00000161. The molecule has 0 spiro atoms. The smallest absolute Gasteiger partial charge is 0.250 e. The lowest BCUT2D eigenvalue weighted by atomic mass is 10.0. The highest BCUT2D eigenvalue weighted by Gasteiger charge is 2.18. The third kappa shape index (κ3) is 3.42. The zero-order valence-electron chi connectivity index (χ0n) is 11.5. The van der Waals surface area contributed by atoms with Gasteiger partial charge in [0.25, 0.3) is 5.91 Å². The molecule has 1 amide bonds. The topological polar surface area (TPSA) is 57.2 Å². The van der Waals surface area contributed by atoms with E-state index in [-0.39, 0.29) is 18.3 Å². The molecule has 1 aliphatic rings. The summed E-state index contributed by atoms with van der Waals surface area (Å²) in [5.74, 6) is 0.224. The van der Waals surface area contributed by atoms with Gasteiger partial charge in [-0.2, -0.15) is 0 Å². The number of carbonyl (C=O) groups is 1. The van der Waals surface area contributed by atoms with Crippen molar-refractivity contribution in [3.05, 3.63) is 34.4 Å². The Kier molecular flexibility index (Phi) is 5.30. The van der Waals surface area contributed by atoms with Gasteiger partial charge in [0.05, 0.1) is 5.56 Å². The molecular weight excluding hydrogens is 356 g/mol. The number of hydrogen-bond acceptors (Lipinski definition) is 2. The Hall–Kier alpha value is -1.04. The van der Waals surface area contributed by atoms with Crippen molar-refractivity contribution in [2.24, 2.45) is 11.7 Å². The van der Waals surface area contributed by atoms with Crippen molar-refractivity contribution in [1.82, 2.24) is 4.57 Å². The number of benzene rings is 1. The maximum Gasteiger partial charge on any atom is 0.250 e. The molecule has 0 saturated carbocycles. The van der Waals surface area contributed by atoms with E-state index in [2.05, 4.69) is 20.5 Å². The van der Waals surface area contributed by atoms with Crippen LogP contribution in [-0.2, 0) is 11.3 Å². The van der Waals surface area contributed by atoms with Crippen LogP contribution in [0.25, 0.3) is 10.9 Å². The van der Waals surface area contributed by atoms with Gasteiger partial charge in [-0.25, -0.2) is 0 Å². The Labute approximate surface area is 138 Å². The summed E-state index contributed by atoms with van der Waals surface area (Å²) in [6, 6.07) is 5.93. The van der Waals surface area contributed by atoms with Crippen molar-refractivity contribution >= 4 is 45.1 Å². The number of carbonyl (C=O) groups excluding carboxylic acids is 1. The molecule has 6 heteroatoms. The largest absolute Gasteiger partial charge is 0.381 e. The van der Waals surface area contributed by atoms with Crippen LogP contribution in [0.2, 0.25) is 0 Å². The van der Waals surface area contributed by atoms with Crippen LogP contribution in [0, 0.1) is 5.92 Å². The van der Waals surface area contributed by atoms with Gasteiger partial charge in [-0.15, -0.1) is 12.4 Å². The summed E-state index contributed by atoms with van der Waals surface area (Å²) in [5.41, 5.74) is 7.13. The first-order valence-electron chi connectivity index (χ1n) is 6.81. The molecule has 4 nitrogen and oxygen atoms in total. The molecule has 1 aliphatic heterocycles. The highest BCUT2D eigenvalue weighted by atomic mass is 79.9. The molecule has 0 aliphatic carbocycles. The lowest BCUT2D eigenvalue weighted by molar-refractivity contribution is 0.0616. The molecule has 0 atom stereocenters. The molecule has 2 heterocycles. The fourth-order valence-electron chi connectivity index (χ4n) is 2.82. The zero-order chi connectivity index (χ0) is 14.1. The van der Waals surface area contributed by atoms with Gasteiger partial charge >= 0.3 is 0 Å². The molecule has 1 fully saturated rings. The highest BCUT2D eigenvalue weighted by molar-refractivity contribution is 9.10. The van der Waals surface area contributed by atoms with Gasteiger partial charge in [0.2, 0.25) is 0 Å². The van der Waals surface area contributed by atoms with Crippen LogP contribution in [0.5, 0.6) is 0 Å². The van der Waals surface area contributed by atoms with Crippen LogP contribution >= 0.6 is 28.3 Å². The number of rotatable bonds is 3. The van der Waals surface area contributed by atoms with Crippen molar-refractivity contribution < 1.29 is 9.53 Å². The normalized spacial score (nSPS) is 15.9. The van der Waals surface area contributed by atoms with Gasteiger partial charge in [0.15, 0.2) is 0 Å². The average Bonchev–Trinajstić information content (AvgIpc) is 2.78. The van der Waals surface area contributed by atoms with E-state index in [1.807, 2.05) is 24.4 Å². The van der Waals surface area contributed by atoms with Crippen LogP contribution in [0.1, 0.15) is 23.2 Å². The standard InChI is InChI=1S/C15H17BrN2O2.ClH/c16-11-1-2-12-13(15(17)19)9-18(14(12)7-11)8-10-3-5-20-6-4-10;/h1-2,7,9-10H,3-6,8H2,(H2,17,19);1H. The Morgan fingerprint density at radius 1 is 1.38 bits per heavy atom. The number of ether oxygens (including phenoxy) is 1. The predicted octanol–water partition coefficient (Wildman–Crippen LogP) is 3.35. The minimum absolute atomic E-state index is 0. The van der Waals surface area contributed by atoms with Gasteiger partial charge in [-0.05, 0) is 30.9 Å². The SMILES string of the molecule is Cl.NC(=O)c1cn(CC2CCOCC2)c2cc(Br)ccc12. The van der Waals surface area contributed by atoms with E-state index < -0.39 is 0 Å². The number of hydrogen-bond donors (Lipinski definition) is 1. The summed E-state index contributed by atoms with van der Waals surface area (Å²) in [4.78, 5) is 11.6. The minimum atomic E-state index is -0.372. The van der Waals surface area contributed by atoms with E-state index in [0.717, 1.165) is 48.0 Å². The first-order valence-corrected chi connectivity index (χ1v) is 7.60. The Bertz CT molecular complexity index is 650. The van der Waals surface area contributed by atoms with Crippen molar-refractivity contribution in [3.63, 3.8) is 0 Å². The third-order valence-electron chi connectivity index (χ3n) is 3.91. The fourth-order valence-corrected chi connectivity index (χ4v) is 3.17. The van der Waals surface area contributed by atoms with Crippen LogP contribution < -0.4 is 5.73 Å². The van der Waals surface area contributed by atoms with Crippen LogP contribution in [0.15, 0.2) is 28.9 Å². The third-order valence-corrected chi connectivity index (χ3v) is 4.40. The molecule has 1 aromatic carbocycles. The monoisotopic (exact) mass is 372 g/mol. The molecule has 114 valence electrons. The second-order valence-electron chi connectivity index (χ2n) is 5.28.